The summed E-state index contributed by atoms with van der Waals surface area (Å²) >= 11 is 0. The van der Waals surface area contributed by atoms with Crippen LogP contribution in [0.5, 0.6) is 0 Å². The second kappa shape index (κ2) is 18.3. The van der Waals surface area contributed by atoms with Crippen LogP contribution in [0.3, 0.4) is 0 Å². The van der Waals surface area contributed by atoms with Crippen molar-refractivity contribution in [1.82, 2.24) is 0 Å². The molecular formula is C34H62O14. The molecule has 14 heteroatoms. The van der Waals surface area contributed by atoms with Crippen LogP contribution < -0.4 is 0 Å². The molecule has 14 nitrogen and oxygen atoms in total. The Morgan fingerprint density at radius 3 is 0.896 bits per heavy atom. The summed E-state index contributed by atoms with van der Waals surface area (Å²) in [4.78, 5) is 0. The summed E-state index contributed by atoms with van der Waals surface area (Å²) in [6.45, 7) is 23.1. The lowest BCUT2D eigenvalue weighted by Gasteiger charge is -2.24. The molecule has 4 atom stereocenters. The monoisotopic (exact) mass is 694 g/mol. The SMILES string of the molecule is CC(COC(COCC1COC(C)(C)O1)COCC1COC(C)(C)O1)COC(COCC1COC(C)(C)O1)COCC1COC(C)(C)O1. The molecule has 0 aromatic rings. The highest BCUT2D eigenvalue weighted by Crippen LogP contribution is 2.25. The minimum Gasteiger partial charge on any atom is -0.376 e. The van der Waals surface area contributed by atoms with E-state index in [1.807, 2.05) is 55.4 Å². The largest absolute Gasteiger partial charge is 0.376 e. The molecule has 0 radical (unpaired) electrons. The van der Waals surface area contributed by atoms with Crippen molar-refractivity contribution in [3.05, 3.63) is 0 Å². The fourth-order valence-electron chi connectivity index (χ4n) is 5.64. The van der Waals surface area contributed by atoms with Gasteiger partial charge in [0.05, 0.1) is 92.5 Å². The van der Waals surface area contributed by atoms with Gasteiger partial charge in [-0.2, -0.15) is 0 Å². The molecule has 4 heterocycles. The van der Waals surface area contributed by atoms with E-state index in [1.165, 1.54) is 0 Å². The normalized spacial score (nSPS) is 30.9. The van der Waals surface area contributed by atoms with Gasteiger partial charge in [0, 0.05) is 5.92 Å². The molecule has 282 valence electrons. The van der Waals surface area contributed by atoms with E-state index in [4.69, 9.17) is 66.3 Å². The minimum absolute atomic E-state index is 0.0782. The van der Waals surface area contributed by atoms with Crippen LogP contribution in [0.2, 0.25) is 0 Å². The van der Waals surface area contributed by atoms with Gasteiger partial charge in [0.1, 0.15) is 36.6 Å². The van der Waals surface area contributed by atoms with Gasteiger partial charge in [-0.05, 0) is 55.4 Å². The summed E-state index contributed by atoms with van der Waals surface area (Å²) in [5, 5.41) is 0. The van der Waals surface area contributed by atoms with Crippen LogP contribution in [0.1, 0.15) is 62.3 Å². The van der Waals surface area contributed by atoms with Crippen LogP contribution in [-0.4, -0.2) is 152 Å². The Balaban J connectivity index is 1.20. The molecule has 4 aliphatic heterocycles. The maximum atomic E-state index is 6.29. The fourth-order valence-corrected chi connectivity index (χ4v) is 5.64. The molecule has 4 unspecified atom stereocenters. The first-order valence-corrected chi connectivity index (χ1v) is 17.4. The van der Waals surface area contributed by atoms with Gasteiger partial charge >= 0.3 is 0 Å². The quantitative estimate of drug-likeness (QED) is 0.165. The zero-order chi connectivity index (χ0) is 34.8. The predicted octanol–water partition coefficient (Wildman–Crippen LogP) is 3.07. The Morgan fingerprint density at radius 2 is 0.688 bits per heavy atom. The maximum Gasteiger partial charge on any atom is 0.163 e. The van der Waals surface area contributed by atoms with Crippen LogP contribution in [-0.2, 0) is 66.3 Å². The first-order chi connectivity index (χ1) is 22.6. The number of ether oxygens (including phenoxy) is 14. The average Bonchev–Trinajstić information content (AvgIpc) is 3.74. The number of rotatable bonds is 22. The first kappa shape index (κ1) is 40.2. The Morgan fingerprint density at radius 1 is 0.438 bits per heavy atom. The minimum atomic E-state index is -0.598. The highest BCUT2D eigenvalue weighted by atomic mass is 16.8. The first-order valence-electron chi connectivity index (χ1n) is 17.4. The van der Waals surface area contributed by atoms with Crippen molar-refractivity contribution in [1.29, 1.82) is 0 Å². The predicted molar refractivity (Wildman–Crippen MR) is 172 cm³/mol. The van der Waals surface area contributed by atoms with Crippen molar-refractivity contribution in [2.75, 3.05) is 92.5 Å². The smallest absolute Gasteiger partial charge is 0.163 e. The number of hydrogen-bond acceptors (Lipinski definition) is 14. The number of hydrogen-bond donors (Lipinski definition) is 0. The Bertz CT molecular complexity index is 794. The van der Waals surface area contributed by atoms with Crippen molar-refractivity contribution in [2.45, 2.75) is 122 Å². The Kier molecular flexibility index (Phi) is 15.3. The lowest BCUT2D eigenvalue weighted by molar-refractivity contribution is -0.154. The molecule has 0 bridgehead atoms. The third-order valence-electron chi connectivity index (χ3n) is 7.93. The second-order valence-corrected chi connectivity index (χ2v) is 15.0. The molecular weight excluding hydrogens is 632 g/mol. The summed E-state index contributed by atoms with van der Waals surface area (Å²) in [5.74, 6) is -2.32. The molecule has 4 rings (SSSR count). The van der Waals surface area contributed by atoms with Crippen LogP contribution in [0.25, 0.3) is 0 Å². The molecule has 0 aromatic heterocycles. The Labute approximate surface area is 286 Å². The van der Waals surface area contributed by atoms with Crippen molar-refractivity contribution < 1.29 is 66.3 Å². The van der Waals surface area contributed by atoms with Crippen molar-refractivity contribution in [3.63, 3.8) is 0 Å². The van der Waals surface area contributed by atoms with Crippen LogP contribution in [0.4, 0.5) is 0 Å². The average molecular weight is 695 g/mol. The van der Waals surface area contributed by atoms with Gasteiger partial charge in [-0.15, -0.1) is 0 Å². The zero-order valence-corrected chi connectivity index (χ0v) is 30.7. The van der Waals surface area contributed by atoms with Gasteiger partial charge in [-0.25, -0.2) is 0 Å². The van der Waals surface area contributed by atoms with Gasteiger partial charge < -0.3 is 66.3 Å². The van der Waals surface area contributed by atoms with E-state index >= 15 is 0 Å². The van der Waals surface area contributed by atoms with Gasteiger partial charge in [0.15, 0.2) is 23.1 Å². The van der Waals surface area contributed by atoms with E-state index < -0.39 is 23.1 Å². The van der Waals surface area contributed by atoms with Crippen LogP contribution >= 0.6 is 0 Å². The summed E-state index contributed by atoms with van der Waals surface area (Å²) in [6, 6.07) is 0. The van der Waals surface area contributed by atoms with Gasteiger partial charge in [-0.3, -0.25) is 0 Å². The summed E-state index contributed by atoms with van der Waals surface area (Å²) in [5.41, 5.74) is 0. The van der Waals surface area contributed by atoms with E-state index in [1.54, 1.807) is 0 Å². The lowest BCUT2D eigenvalue weighted by atomic mass is 10.2. The Hall–Kier alpha value is -0.560. The summed E-state index contributed by atoms with van der Waals surface area (Å²) < 4.78 is 82.6. The van der Waals surface area contributed by atoms with Crippen molar-refractivity contribution in [3.8, 4) is 0 Å². The van der Waals surface area contributed by atoms with E-state index in [9.17, 15) is 0 Å². The topological polar surface area (TPSA) is 129 Å². The van der Waals surface area contributed by atoms with Gasteiger partial charge in [0.25, 0.3) is 0 Å². The molecule has 0 amide bonds. The molecule has 4 aliphatic rings. The van der Waals surface area contributed by atoms with E-state index in [-0.39, 0.29) is 42.5 Å². The van der Waals surface area contributed by atoms with Crippen molar-refractivity contribution in [2.24, 2.45) is 5.92 Å². The van der Waals surface area contributed by atoms with Gasteiger partial charge in [0.2, 0.25) is 0 Å². The second-order valence-electron chi connectivity index (χ2n) is 15.0. The molecule has 0 aliphatic carbocycles. The fraction of sp³-hybridized carbons (Fsp3) is 1.00. The standard InChI is InChI=1S/C34H62O14/c1-24(10-39-25(12-35-16-27-20-41-31(2,3)45-27)13-36-17-28-21-42-32(4,5)46-28)11-40-26(14-37-18-29-22-43-33(6,7)47-29)15-38-19-30-23-44-34(8,9)48-30/h24-30H,10-23H2,1-9H3. The highest BCUT2D eigenvalue weighted by molar-refractivity contribution is 4.74. The van der Waals surface area contributed by atoms with E-state index in [0.29, 0.717) is 92.5 Å². The maximum absolute atomic E-state index is 6.29. The van der Waals surface area contributed by atoms with Gasteiger partial charge in [-0.1, -0.05) is 6.92 Å². The lowest BCUT2D eigenvalue weighted by Crippen LogP contribution is -2.34. The van der Waals surface area contributed by atoms with E-state index in [2.05, 4.69) is 6.92 Å². The molecule has 4 saturated heterocycles. The molecule has 48 heavy (non-hydrogen) atoms. The highest BCUT2D eigenvalue weighted by Gasteiger charge is 2.36. The third-order valence-corrected chi connectivity index (χ3v) is 7.93. The zero-order valence-electron chi connectivity index (χ0n) is 30.7. The molecule has 0 spiro atoms. The molecule has 0 saturated carbocycles. The molecule has 4 fully saturated rings. The van der Waals surface area contributed by atoms with Crippen molar-refractivity contribution >= 4 is 0 Å². The molecule has 0 N–H and O–H groups in total. The third kappa shape index (κ3) is 15.0. The van der Waals surface area contributed by atoms with E-state index in [0.717, 1.165) is 0 Å². The van der Waals surface area contributed by atoms with Crippen LogP contribution in [0.15, 0.2) is 0 Å². The van der Waals surface area contributed by atoms with Crippen LogP contribution in [0, 0.1) is 5.92 Å². The summed E-state index contributed by atoms with van der Waals surface area (Å²) in [7, 11) is 0. The summed E-state index contributed by atoms with van der Waals surface area (Å²) in [6.07, 6.45) is -1.09. The molecule has 0 aromatic carbocycles.